The van der Waals surface area contributed by atoms with Gasteiger partial charge in [0.25, 0.3) is 0 Å². The van der Waals surface area contributed by atoms with E-state index in [0.29, 0.717) is 11.9 Å². The number of benzene rings is 1. The Morgan fingerprint density at radius 1 is 1.30 bits per heavy atom. The SMILES string of the molecule is Cl.Cn1nc(C2CCNCC2)nc1NC(=O)C1CC12CCc1ccccc12. The van der Waals surface area contributed by atoms with Crippen LogP contribution in [0.15, 0.2) is 24.3 Å². The van der Waals surface area contributed by atoms with Crippen molar-refractivity contribution in [2.45, 2.75) is 43.4 Å². The van der Waals surface area contributed by atoms with Crippen molar-refractivity contribution in [1.29, 1.82) is 0 Å². The monoisotopic (exact) mass is 387 g/mol. The van der Waals surface area contributed by atoms with Gasteiger partial charge in [-0.3, -0.25) is 10.1 Å². The molecule has 1 saturated heterocycles. The molecule has 1 saturated carbocycles. The minimum atomic E-state index is 0. The van der Waals surface area contributed by atoms with Gasteiger partial charge in [0.2, 0.25) is 11.9 Å². The van der Waals surface area contributed by atoms with Gasteiger partial charge >= 0.3 is 0 Å². The Morgan fingerprint density at radius 3 is 2.89 bits per heavy atom. The molecular formula is C20H26ClN5O. The number of nitrogens with one attached hydrogen (secondary N) is 2. The first-order valence-corrected chi connectivity index (χ1v) is 9.68. The third-order valence-electron chi connectivity index (χ3n) is 6.50. The minimum absolute atomic E-state index is 0. The number of nitrogens with zero attached hydrogens (tertiary/aromatic N) is 3. The Hall–Kier alpha value is -1.92. The fraction of sp³-hybridized carbons (Fsp3) is 0.550. The molecule has 0 bridgehead atoms. The van der Waals surface area contributed by atoms with Gasteiger partial charge < -0.3 is 5.32 Å². The highest BCUT2D eigenvalue weighted by molar-refractivity contribution is 5.95. The fourth-order valence-electron chi connectivity index (χ4n) is 4.90. The molecule has 2 N–H and O–H groups in total. The van der Waals surface area contributed by atoms with Crippen molar-refractivity contribution in [3.8, 4) is 0 Å². The zero-order chi connectivity index (χ0) is 17.7. The fourth-order valence-corrected chi connectivity index (χ4v) is 4.90. The number of halogens is 1. The van der Waals surface area contributed by atoms with Crippen LogP contribution in [0.4, 0.5) is 5.95 Å². The molecule has 2 fully saturated rings. The molecule has 2 heterocycles. The molecule has 1 aliphatic heterocycles. The van der Waals surface area contributed by atoms with Gasteiger partial charge in [0.15, 0.2) is 5.82 Å². The highest BCUT2D eigenvalue weighted by Crippen LogP contribution is 2.61. The number of aromatic nitrogens is 3. The second-order valence-corrected chi connectivity index (χ2v) is 8.00. The Balaban J connectivity index is 0.00000180. The first-order valence-electron chi connectivity index (χ1n) is 9.68. The van der Waals surface area contributed by atoms with Gasteiger partial charge in [0, 0.05) is 24.3 Å². The van der Waals surface area contributed by atoms with E-state index in [1.165, 1.54) is 11.1 Å². The van der Waals surface area contributed by atoms with Crippen LogP contribution in [0, 0.1) is 5.92 Å². The maximum Gasteiger partial charge on any atom is 0.230 e. The van der Waals surface area contributed by atoms with Gasteiger partial charge in [-0.15, -0.1) is 12.4 Å². The Bertz CT molecular complexity index is 860. The van der Waals surface area contributed by atoms with Crippen molar-refractivity contribution in [1.82, 2.24) is 20.1 Å². The van der Waals surface area contributed by atoms with Crippen LogP contribution in [0.5, 0.6) is 0 Å². The van der Waals surface area contributed by atoms with Crippen molar-refractivity contribution >= 4 is 24.3 Å². The van der Waals surface area contributed by atoms with Crippen molar-refractivity contribution < 1.29 is 4.79 Å². The Kier molecular flexibility index (Phi) is 4.72. The summed E-state index contributed by atoms with van der Waals surface area (Å²) in [5.74, 6) is 1.99. The van der Waals surface area contributed by atoms with E-state index < -0.39 is 0 Å². The highest BCUT2D eigenvalue weighted by atomic mass is 35.5. The van der Waals surface area contributed by atoms with Crippen LogP contribution in [-0.4, -0.2) is 33.8 Å². The van der Waals surface area contributed by atoms with E-state index in [-0.39, 0.29) is 29.6 Å². The lowest BCUT2D eigenvalue weighted by atomic mass is 9.95. The number of amides is 1. The summed E-state index contributed by atoms with van der Waals surface area (Å²) in [6.45, 7) is 2.02. The number of rotatable bonds is 3. The quantitative estimate of drug-likeness (QED) is 0.849. The van der Waals surface area contributed by atoms with Crippen molar-refractivity contribution in [2.24, 2.45) is 13.0 Å². The molecule has 144 valence electrons. The van der Waals surface area contributed by atoms with Gasteiger partial charge in [0.1, 0.15) is 0 Å². The van der Waals surface area contributed by atoms with E-state index in [0.717, 1.165) is 51.0 Å². The van der Waals surface area contributed by atoms with Gasteiger partial charge in [-0.2, -0.15) is 10.1 Å². The van der Waals surface area contributed by atoms with E-state index in [4.69, 9.17) is 0 Å². The largest absolute Gasteiger partial charge is 0.317 e. The van der Waals surface area contributed by atoms with E-state index in [1.54, 1.807) is 4.68 Å². The van der Waals surface area contributed by atoms with Crippen LogP contribution >= 0.6 is 12.4 Å². The number of hydrogen-bond acceptors (Lipinski definition) is 4. The Morgan fingerprint density at radius 2 is 2.07 bits per heavy atom. The summed E-state index contributed by atoms with van der Waals surface area (Å²) in [6, 6.07) is 8.59. The normalized spacial score (nSPS) is 26.5. The zero-order valence-corrected chi connectivity index (χ0v) is 16.4. The summed E-state index contributed by atoms with van der Waals surface area (Å²) in [7, 11) is 1.86. The predicted octanol–water partition coefficient (Wildman–Crippen LogP) is 2.55. The van der Waals surface area contributed by atoms with Gasteiger partial charge in [-0.1, -0.05) is 24.3 Å². The lowest BCUT2D eigenvalue weighted by molar-refractivity contribution is -0.117. The molecule has 2 aromatic rings. The number of anilines is 1. The molecule has 5 rings (SSSR count). The van der Waals surface area contributed by atoms with Gasteiger partial charge in [-0.25, -0.2) is 4.68 Å². The van der Waals surface area contributed by atoms with Crippen molar-refractivity contribution in [2.75, 3.05) is 18.4 Å². The van der Waals surface area contributed by atoms with Crippen LogP contribution in [-0.2, 0) is 23.7 Å². The number of carbonyl (C=O) groups excluding carboxylic acids is 1. The second kappa shape index (κ2) is 6.91. The highest BCUT2D eigenvalue weighted by Gasteiger charge is 2.61. The van der Waals surface area contributed by atoms with E-state index in [2.05, 4.69) is 45.0 Å². The summed E-state index contributed by atoms with van der Waals surface area (Å²) in [5, 5.41) is 11.0. The maximum atomic E-state index is 12.9. The number of carbonyl (C=O) groups is 1. The van der Waals surface area contributed by atoms with Gasteiger partial charge in [-0.05, 0) is 56.3 Å². The first-order chi connectivity index (χ1) is 12.7. The number of hydrogen-bond donors (Lipinski definition) is 2. The molecule has 1 aromatic carbocycles. The Labute approximate surface area is 165 Å². The molecule has 2 unspecified atom stereocenters. The molecular weight excluding hydrogens is 362 g/mol. The second-order valence-electron chi connectivity index (χ2n) is 8.00. The third kappa shape index (κ3) is 3.05. The molecule has 7 heteroatoms. The lowest BCUT2D eigenvalue weighted by Gasteiger charge is -2.19. The van der Waals surface area contributed by atoms with E-state index in [9.17, 15) is 4.79 Å². The molecule has 6 nitrogen and oxygen atoms in total. The van der Waals surface area contributed by atoms with Crippen molar-refractivity contribution in [3.05, 3.63) is 41.2 Å². The molecule has 1 spiro atoms. The summed E-state index contributed by atoms with van der Waals surface area (Å²) >= 11 is 0. The topological polar surface area (TPSA) is 71.8 Å². The molecule has 3 aliphatic rings. The average Bonchev–Trinajstić information content (AvgIpc) is 3.14. The van der Waals surface area contributed by atoms with Crippen LogP contribution in [0.25, 0.3) is 0 Å². The molecule has 1 amide bonds. The predicted molar refractivity (Wildman–Crippen MR) is 106 cm³/mol. The third-order valence-corrected chi connectivity index (χ3v) is 6.50. The summed E-state index contributed by atoms with van der Waals surface area (Å²) < 4.78 is 1.72. The summed E-state index contributed by atoms with van der Waals surface area (Å²) in [6.07, 6.45) is 5.24. The lowest BCUT2D eigenvalue weighted by Crippen LogP contribution is -2.27. The van der Waals surface area contributed by atoms with Crippen LogP contribution in [0.2, 0.25) is 0 Å². The van der Waals surface area contributed by atoms with Crippen LogP contribution in [0.1, 0.15) is 48.6 Å². The standard InChI is InChI=1S/C20H25N5O.ClH/c1-25-19(22-17(24-25)14-7-10-21-11-8-14)23-18(26)16-12-20(16)9-6-13-4-2-3-5-15(13)20;/h2-5,14,16,21H,6-12H2,1H3,(H,22,23,24,26);1H. The molecule has 1 aromatic heterocycles. The smallest absolute Gasteiger partial charge is 0.230 e. The molecule has 2 aliphatic carbocycles. The van der Waals surface area contributed by atoms with E-state index >= 15 is 0 Å². The minimum Gasteiger partial charge on any atom is -0.317 e. The number of piperidine rings is 1. The van der Waals surface area contributed by atoms with Crippen LogP contribution < -0.4 is 10.6 Å². The zero-order valence-electron chi connectivity index (χ0n) is 15.6. The first kappa shape index (κ1) is 18.4. The average molecular weight is 388 g/mol. The number of aryl methyl sites for hydroxylation is 2. The summed E-state index contributed by atoms with van der Waals surface area (Å²) in [4.78, 5) is 17.5. The van der Waals surface area contributed by atoms with Crippen LogP contribution in [0.3, 0.4) is 0 Å². The number of fused-ring (bicyclic) bond motifs is 2. The summed E-state index contributed by atoms with van der Waals surface area (Å²) in [5.41, 5.74) is 2.86. The molecule has 0 radical (unpaired) electrons. The van der Waals surface area contributed by atoms with Crippen molar-refractivity contribution in [3.63, 3.8) is 0 Å². The molecule has 2 atom stereocenters. The van der Waals surface area contributed by atoms with E-state index in [1.807, 2.05) is 7.05 Å². The molecule has 27 heavy (non-hydrogen) atoms. The van der Waals surface area contributed by atoms with Gasteiger partial charge in [0.05, 0.1) is 0 Å². The maximum absolute atomic E-state index is 12.9.